The first-order valence-electron chi connectivity index (χ1n) is 11.4. The first-order valence-corrected chi connectivity index (χ1v) is 12.9. The molecule has 1 saturated carbocycles. The molecule has 0 spiro atoms. The van der Waals surface area contributed by atoms with E-state index in [-0.39, 0.29) is 17.9 Å². The van der Waals surface area contributed by atoms with Crippen LogP contribution in [0.25, 0.3) is 0 Å². The number of benzene rings is 2. The summed E-state index contributed by atoms with van der Waals surface area (Å²) >= 11 is 0. The number of hydrogen-bond acceptors (Lipinski definition) is 5. The molecule has 0 aliphatic heterocycles. The fourth-order valence-electron chi connectivity index (χ4n) is 3.74. The van der Waals surface area contributed by atoms with Gasteiger partial charge in [-0.2, -0.15) is 10.2 Å². The normalized spacial score (nSPS) is 19.5. The monoisotopic (exact) mass is 470 g/mol. The Morgan fingerprint density at radius 2 is 1.61 bits per heavy atom. The van der Waals surface area contributed by atoms with Gasteiger partial charge < -0.3 is 5.32 Å². The highest BCUT2D eigenvalue weighted by atomic mass is 32.2. The fourth-order valence-corrected chi connectivity index (χ4v) is 4.77. The van der Waals surface area contributed by atoms with Crippen molar-refractivity contribution in [1.29, 1.82) is 0 Å². The van der Waals surface area contributed by atoms with Gasteiger partial charge in [0, 0.05) is 17.6 Å². The summed E-state index contributed by atoms with van der Waals surface area (Å²) in [6.45, 7) is 8.98. The number of carbonyl (C=O) groups excluding carboxylic acids is 1. The number of aryl methyl sites for hydroxylation is 2. The standard InChI is InChI=1S/C25H34N4O3S/c1-17-8-6-7-9-23(17)28-27-21-14-15-22(18(2)16-21)26-24(30)19-10-12-20(13-11-19)29-33(31,32)25(3,4)5/h6-9,14-16,19-20,29H,10-13H2,1-5H3,(H,26,30)/b28-27+/t19-,20-. The third kappa shape index (κ3) is 6.48. The van der Waals surface area contributed by atoms with Crippen molar-refractivity contribution in [2.24, 2.45) is 16.1 Å². The Bertz CT molecular complexity index is 1130. The number of carbonyl (C=O) groups is 1. The van der Waals surface area contributed by atoms with Gasteiger partial charge in [0.2, 0.25) is 15.9 Å². The maximum Gasteiger partial charge on any atom is 0.227 e. The molecule has 1 aliphatic rings. The molecule has 8 heteroatoms. The van der Waals surface area contributed by atoms with Crippen LogP contribution in [0.2, 0.25) is 0 Å². The average molecular weight is 471 g/mol. The van der Waals surface area contributed by atoms with Crippen molar-refractivity contribution in [3.05, 3.63) is 53.6 Å². The molecular formula is C25H34N4O3S. The second-order valence-electron chi connectivity index (χ2n) is 9.76. The minimum absolute atomic E-state index is 0.0236. The van der Waals surface area contributed by atoms with Crippen LogP contribution >= 0.6 is 0 Å². The van der Waals surface area contributed by atoms with Gasteiger partial charge in [-0.1, -0.05) is 18.2 Å². The second kappa shape index (κ2) is 10.1. The van der Waals surface area contributed by atoms with Gasteiger partial charge in [0.25, 0.3) is 0 Å². The van der Waals surface area contributed by atoms with Gasteiger partial charge in [0.05, 0.1) is 16.1 Å². The van der Waals surface area contributed by atoms with Gasteiger partial charge in [0.1, 0.15) is 0 Å². The molecular weight excluding hydrogens is 436 g/mol. The maximum atomic E-state index is 12.8. The number of sulfonamides is 1. The molecule has 7 nitrogen and oxygen atoms in total. The van der Waals surface area contributed by atoms with Gasteiger partial charge in [0.15, 0.2) is 0 Å². The minimum atomic E-state index is -3.39. The Kier molecular flexibility index (Phi) is 7.69. The highest BCUT2D eigenvalue weighted by Gasteiger charge is 2.34. The lowest BCUT2D eigenvalue weighted by Gasteiger charge is -2.30. The van der Waals surface area contributed by atoms with Crippen LogP contribution in [0.1, 0.15) is 57.6 Å². The average Bonchev–Trinajstić information content (AvgIpc) is 2.74. The molecule has 0 bridgehead atoms. The van der Waals surface area contributed by atoms with E-state index in [2.05, 4.69) is 20.3 Å². The minimum Gasteiger partial charge on any atom is -0.326 e. The molecule has 0 heterocycles. The molecule has 2 aromatic carbocycles. The molecule has 33 heavy (non-hydrogen) atoms. The van der Waals surface area contributed by atoms with Gasteiger partial charge in [-0.05, 0) is 95.7 Å². The first kappa shape index (κ1) is 25.1. The molecule has 0 radical (unpaired) electrons. The lowest BCUT2D eigenvalue weighted by atomic mass is 9.86. The summed E-state index contributed by atoms with van der Waals surface area (Å²) in [5, 5.41) is 11.7. The summed E-state index contributed by atoms with van der Waals surface area (Å²) in [6.07, 6.45) is 2.63. The fraction of sp³-hybridized carbons (Fsp3) is 0.480. The summed E-state index contributed by atoms with van der Waals surface area (Å²) < 4.78 is 26.7. The SMILES string of the molecule is Cc1ccccc1/N=N/c1ccc(NC(=O)[C@H]2CC[C@H](NS(=O)(=O)C(C)(C)C)CC2)c(C)c1. The first-order chi connectivity index (χ1) is 15.5. The molecule has 1 fully saturated rings. The number of rotatable bonds is 6. The van der Waals surface area contributed by atoms with Crippen LogP contribution in [0, 0.1) is 19.8 Å². The van der Waals surface area contributed by atoms with Crippen LogP contribution in [0.4, 0.5) is 17.1 Å². The van der Waals surface area contributed by atoms with E-state index in [4.69, 9.17) is 0 Å². The lowest BCUT2D eigenvalue weighted by molar-refractivity contribution is -0.120. The molecule has 3 rings (SSSR count). The summed E-state index contributed by atoms with van der Waals surface area (Å²) in [5.74, 6) is -0.148. The summed E-state index contributed by atoms with van der Waals surface area (Å²) in [4.78, 5) is 12.8. The number of hydrogen-bond donors (Lipinski definition) is 2. The van der Waals surface area contributed by atoms with Gasteiger partial charge in [-0.25, -0.2) is 13.1 Å². The van der Waals surface area contributed by atoms with Crippen molar-refractivity contribution < 1.29 is 13.2 Å². The molecule has 0 aromatic heterocycles. The van der Waals surface area contributed by atoms with Crippen molar-refractivity contribution in [3.8, 4) is 0 Å². The second-order valence-corrected chi connectivity index (χ2v) is 12.2. The van der Waals surface area contributed by atoms with E-state index >= 15 is 0 Å². The number of azo groups is 1. The van der Waals surface area contributed by atoms with Crippen LogP contribution in [-0.4, -0.2) is 25.1 Å². The van der Waals surface area contributed by atoms with Crippen molar-refractivity contribution >= 4 is 33.0 Å². The van der Waals surface area contributed by atoms with Crippen molar-refractivity contribution in [2.45, 2.75) is 71.1 Å². The number of nitrogens with zero attached hydrogens (tertiary/aromatic N) is 2. The van der Waals surface area contributed by atoms with Crippen LogP contribution in [0.3, 0.4) is 0 Å². The van der Waals surface area contributed by atoms with E-state index in [1.807, 2.05) is 56.3 Å². The van der Waals surface area contributed by atoms with E-state index in [0.717, 1.165) is 28.2 Å². The lowest BCUT2D eigenvalue weighted by Crippen LogP contribution is -2.46. The molecule has 0 atom stereocenters. The number of anilines is 1. The summed E-state index contributed by atoms with van der Waals surface area (Å²) in [7, 11) is -3.39. The van der Waals surface area contributed by atoms with Crippen LogP contribution in [-0.2, 0) is 14.8 Å². The van der Waals surface area contributed by atoms with Crippen LogP contribution < -0.4 is 10.0 Å². The number of amides is 1. The maximum absolute atomic E-state index is 12.8. The van der Waals surface area contributed by atoms with Gasteiger partial charge in [-0.15, -0.1) is 0 Å². The highest BCUT2D eigenvalue weighted by Crippen LogP contribution is 2.29. The zero-order valence-electron chi connectivity index (χ0n) is 20.1. The quantitative estimate of drug-likeness (QED) is 0.511. The summed E-state index contributed by atoms with van der Waals surface area (Å²) in [5.41, 5.74) is 4.28. The number of nitrogens with one attached hydrogen (secondary N) is 2. The zero-order chi connectivity index (χ0) is 24.2. The molecule has 2 N–H and O–H groups in total. The van der Waals surface area contributed by atoms with E-state index in [0.29, 0.717) is 25.7 Å². The van der Waals surface area contributed by atoms with Crippen molar-refractivity contribution in [2.75, 3.05) is 5.32 Å². The summed E-state index contributed by atoms with van der Waals surface area (Å²) in [6, 6.07) is 13.3. The van der Waals surface area contributed by atoms with Gasteiger partial charge in [-0.3, -0.25) is 4.79 Å². The van der Waals surface area contributed by atoms with Crippen LogP contribution in [0.15, 0.2) is 52.7 Å². The predicted octanol–water partition coefficient (Wildman–Crippen LogP) is 5.93. The van der Waals surface area contributed by atoms with Crippen molar-refractivity contribution in [1.82, 2.24) is 4.72 Å². The van der Waals surface area contributed by atoms with E-state index < -0.39 is 14.8 Å². The highest BCUT2D eigenvalue weighted by molar-refractivity contribution is 7.90. The Labute approximate surface area is 197 Å². The Balaban J connectivity index is 1.56. The molecule has 0 saturated heterocycles. The van der Waals surface area contributed by atoms with E-state index in [1.54, 1.807) is 20.8 Å². The smallest absolute Gasteiger partial charge is 0.227 e. The molecule has 1 amide bonds. The Morgan fingerprint density at radius 1 is 0.939 bits per heavy atom. The third-order valence-electron chi connectivity index (χ3n) is 6.08. The van der Waals surface area contributed by atoms with Crippen LogP contribution in [0.5, 0.6) is 0 Å². The predicted molar refractivity (Wildman–Crippen MR) is 133 cm³/mol. The van der Waals surface area contributed by atoms with Crippen molar-refractivity contribution in [3.63, 3.8) is 0 Å². The zero-order valence-corrected chi connectivity index (χ0v) is 20.9. The Hall–Kier alpha value is -2.58. The largest absolute Gasteiger partial charge is 0.326 e. The molecule has 2 aromatic rings. The Morgan fingerprint density at radius 3 is 2.21 bits per heavy atom. The topological polar surface area (TPSA) is 100.0 Å². The third-order valence-corrected chi connectivity index (χ3v) is 8.34. The van der Waals surface area contributed by atoms with Gasteiger partial charge >= 0.3 is 0 Å². The molecule has 1 aliphatic carbocycles. The molecule has 0 unspecified atom stereocenters. The van der Waals surface area contributed by atoms with E-state index in [1.165, 1.54) is 0 Å². The molecule has 178 valence electrons. The van der Waals surface area contributed by atoms with E-state index in [9.17, 15) is 13.2 Å².